The Balaban J connectivity index is 2.00. The average molecular weight is 297 g/mol. The number of nitrogens with zero attached hydrogens (tertiary/aromatic N) is 3. The van der Waals surface area contributed by atoms with Crippen LogP contribution in [0.5, 0.6) is 0 Å². The Labute approximate surface area is 130 Å². The van der Waals surface area contributed by atoms with Gasteiger partial charge in [0.1, 0.15) is 5.76 Å². The molecule has 1 heterocycles. The maximum atomic E-state index is 12.5. The first-order chi connectivity index (χ1) is 10.7. The van der Waals surface area contributed by atoms with E-state index in [4.69, 9.17) is 9.68 Å². The molecule has 0 fully saturated rings. The second-order valence-corrected chi connectivity index (χ2v) is 5.04. The van der Waals surface area contributed by atoms with Gasteiger partial charge in [-0.1, -0.05) is 18.2 Å². The minimum atomic E-state index is -0.0319. The largest absolute Gasteiger partial charge is 0.468 e. The predicted octanol–water partition coefficient (Wildman–Crippen LogP) is 2.66. The van der Waals surface area contributed by atoms with Crippen molar-refractivity contribution < 1.29 is 9.21 Å². The van der Waals surface area contributed by atoms with E-state index in [1.54, 1.807) is 11.2 Å². The van der Waals surface area contributed by atoms with E-state index < -0.39 is 0 Å². The Morgan fingerprint density at radius 3 is 2.64 bits per heavy atom. The maximum absolute atomic E-state index is 12.5. The molecule has 2 aromatic rings. The highest BCUT2D eigenvalue weighted by molar-refractivity contribution is 5.94. The Kier molecular flexibility index (Phi) is 5.75. The number of carbonyl (C=O) groups is 1. The summed E-state index contributed by atoms with van der Waals surface area (Å²) in [6, 6.07) is 15.2. The number of amides is 1. The molecule has 2 rings (SSSR count). The molecule has 0 aliphatic carbocycles. The van der Waals surface area contributed by atoms with Gasteiger partial charge < -0.3 is 9.32 Å². The van der Waals surface area contributed by atoms with Gasteiger partial charge in [-0.2, -0.15) is 5.26 Å². The minimum absolute atomic E-state index is 0.0319. The lowest BCUT2D eigenvalue weighted by Crippen LogP contribution is -2.39. The summed E-state index contributed by atoms with van der Waals surface area (Å²) in [4.78, 5) is 16.1. The van der Waals surface area contributed by atoms with Gasteiger partial charge in [0.2, 0.25) is 5.91 Å². The van der Waals surface area contributed by atoms with Crippen molar-refractivity contribution in [2.24, 2.45) is 0 Å². The van der Waals surface area contributed by atoms with Crippen LogP contribution in [0, 0.1) is 11.3 Å². The molecule has 0 saturated heterocycles. The van der Waals surface area contributed by atoms with Crippen LogP contribution >= 0.6 is 0 Å². The molecule has 0 N–H and O–H groups in total. The lowest BCUT2D eigenvalue weighted by Gasteiger charge is -2.24. The Morgan fingerprint density at radius 2 is 2.00 bits per heavy atom. The van der Waals surface area contributed by atoms with Crippen LogP contribution < -0.4 is 4.90 Å². The number of para-hydroxylation sites is 1. The summed E-state index contributed by atoms with van der Waals surface area (Å²) in [5, 5.41) is 8.79. The third-order valence-electron chi connectivity index (χ3n) is 3.23. The maximum Gasteiger partial charge on any atom is 0.241 e. The van der Waals surface area contributed by atoms with Crippen LogP contribution in [-0.2, 0) is 11.3 Å². The fraction of sp³-hybridized carbons (Fsp3) is 0.294. The molecule has 1 aromatic heterocycles. The summed E-state index contributed by atoms with van der Waals surface area (Å²) in [5.41, 5.74) is 0.814. The first-order valence-electron chi connectivity index (χ1n) is 7.14. The molecule has 0 unspecified atom stereocenters. The van der Waals surface area contributed by atoms with Crippen LogP contribution in [0.15, 0.2) is 53.1 Å². The van der Waals surface area contributed by atoms with Crippen LogP contribution in [0.2, 0.25) is 0 Å². The van der Waals surface area contributed by atoms with Gasteiger partial charge >= 0.3 is 0 Å². The molecule has 0 aliphatic heterocycles. The van der Waals surface area contributed by atoms with E-state index in [0.717, 1.165) is 11.4 Å². The normalized spacial score (nSPS) is 10.4. The Bertz CT molecular complexity index is 617. The van der Waals surface area contributed by atoms with Crippen LogP contribution in [0.25, 0.3) is 0 Å². The van der Waals surface area contributed by atoms with Crippen molar-refractivity contribution in [3.63, 3.8) is 0 Å². The number of carbonyl (C=O) groups excluding carboxylic acids is 1. The molecule has 0 bridgehead atoms. The Hall–Kier alpha value is -2.58. The van der Waals surface area contributed by atoms with Crippen molar-refractivity contribution in [3.05, 3.63) is 54.5 Å². The van der Waals surface area contributed by atoms with Crippen LogP contribution in [0.4, 0.5) is 5.69 Å². The van der Waals surface area contributed by atoms with E-state index >= 15 is 0 Å². The van der Waals surface area contributed by atoms with E-state index in [2.05, 4.69) is 6.07 Å². The molecule has 5 nitrogen and oxygen atoms in total. The van der Waals surface area contributed by atoms with E-state index in [1.807, 2.05) is 54.4 Å². The number of rotatable bonds is 7. The van der Waals surface area contributed by atoms with Gasteiger partial charge in [-0.25, -0.2) is 0 Å². The van der Waals surface area contributed by atoms with Crippen LogP contribution in [0.1, 0.15) is 12.2 Å². The summed E-state index contributed by atoms with van der Waals surface area (Å²) in [5.74, 6) is 0.786. The zero-order valence-corrected chi connectivity index (χ0v) is 12.6. The molecule has 5 heteroatoms. The van der Waals surface area contributed by atoms with Gasteiger partial charge in [0.15, 0.2) is 0 Å². The minimum Gasteiger partial charge on any atom is -0.468 e. The molecule has 0 radical (unpaired) electrons. The number of likely N-dealkylation sites (N-methyl/N-ethyl adjacent to an activating group) is 1. The first kappa shape index (κ1) is 15.8. The number of anilines is 1. The number of nitriles is 1. The highest BCUT2D eigenvalue weighted by Crippen LogP contribution is 2.14. The molecule has 1 amide bonds. The van der Waals surface area contributed by atoms with Crippen molar-refractivity contribution in [1.29, 1.82) is 5.26 Å². The molecule has 22 heavy (non-hydrogen) atoms. The monoisotopic (exact) mass is 297 g/mol. The zero-order chi connectivity index (χ0) is 15.8. The second kappa shape index (κ2) is 8.01. The van der Waals surface area contributed by atoms with E-state index in [1.165, 1.54) is 0 Å². The van der Waals surface area contributed by atoms with E-state index in [-0.39, 0.29) is 12.5 Å². The number of hydrogen-bond donors (Lipinski definition) is 0. The molecular weight excluding hydrogens is 278 g/mol. The number of benzene rings is 1. The van der Waals surface area contributed by atoms with Crippen LogP contribution in [0.3, 0.4) is 0 Å². The highest BCUT2D eigenvalue weighted by atomic mass is 16.3. The van der Waals surface area contributed by atoms with E-state index in [0.29, 0.717) is 19.5 Å². The summed E-state index contributed by atoms with van der Waals surface area (Å²) in [6.45, 7) is 1.23. The number of hydrogen-bond acceptors (Lipinski definition) is 4. The van der Waals surface area contributed by atoms with Crippen molar-refractivity contribution in [1.82, 2.24) is 4.90 Å². The van der Waals surface area contributed by atoms with Gasteiger partial charge in [0, 0.05) is 12.2 Å². The predicted molar refractivity (Wildman–Crippen MR) is 84.1 cm³/mol. The van der Waals surface area contributed by atoms with Crippen LogP contribution in [-0.4, -0.2) is 30.9 Å². The van der Waals surface area contributed by atoms with Gasteiger partial charge in [0.25, 0.3) is 0 Å². The summed E-state index contributed by atoms with van der Waals surface area (Å²) >= 11 is 0. The standard InChI is InChI=1S/C17H19N3O2/c1-19(13-16-9-5-12-22-16)14-17(21)20(11-6-10-18)15-7-3-2-4-8-15/h2-5,7-9,12H,6,11,13-14H2,1H3. The smallest absolute Gasteiger partial charge is 0.241 e. The fourth-order valence-corrected chi connectivity index (χ4v) is 2.21. The summed E-state index contributed by atoms with van der Waals surface area (Å²) in [7, 11) is 1.87. The molecule has 0 spiro atoms. The third-order valence-corrected chi connectivity index (χ3v) is 3.23. The highest BCUT2D eigenvalue weighted by Gasteiger charge is 2.17. The second-order valence-electron chi connectivity index (χ2n) is 5.04. The van der Waals surface area contributed by atoms with Crippen molar-refractivity contribution >= 4 is 11.6 Å². The van der Waals surface area contributed by atoms with Gasteiger partial charge in [-0.15, -0.1) is 0 Å². The summed E-state index contributed by atoms with van der Waals surface area (Å²) in [6.07, 6.45) is 1.93. The van der Waals surface area contributed by atoms with Crippen molar-refractivity contribution in [3.8, 4) is 6.07 Å². The van der Waals surface area contributed by atoms with Gasteiger partial charge in [-0.3, -0.25) is 9.69 Å². The average Bonchev–Trinajstić information content (AvgIpc) is 3.01. The molecular formula is C17H19N3O2. The molecule has 0 aliphatic rings. The lowest BCUT2D eigenvalue weighted by atomic mass is 10.2. The van der Waals surface area contributed by atoms with Gasteiger partial charge in [0.05, 0.1) is 31.8 Å². The lowest BCUT2D eigenvalue weighted by molar-refractivity contribution is -0.119. The quantitative estimate of drug-likeness (QED) is 0.788. The third kappa shape index (κ3) is 4.47. The fourth-order valence-electron chi connectivity index (χ4n) is 2.21. The van der Waals surface area contributed by atoms with Crippen molar-refractivity contribution in [2.45, 2.75) is 13.0 Å². The molecule has 0 atom stereocenters. The molecule has 1 aromatic carbocycles. The topological polar surface area (TPSA) is 60.5 Å². The first-order valence-corrected chi connectivity index (χ1v) is 7.14. The molecule has 114 valence electrons. The SMILES string of the molecule is CN(CC(=O)N(CCC#N)c1ccccc1)Cc1ccco1. The Morgan fingerprint density at radius 1 is 1.23 bits per heavy atom. The summed E-state index contributed by atoms with van der Waals surface area (Å²) < 4.78 is 5.29. The van der Waals surface area contributed by atoms with Crippen molar-refractivity contribution in [2.75, 3.05) is 25.0 Å². The van der Waals surface area contributed by atoms with Gasteiger partial charge in [-0.05, 0) is 31.3 Å². The van der Waals surface area contributed by atoms with E-state index in [9.17, 15) is 4.79 Å². The molecule has 0 saturated carbocycles. The number of furan rings is 1. The zero-order valence-electron chi connectivity index (χ0n) is 12.6.